The molecule has 2 heterocycles. The number of phenolic OH excluding ortho intramolecular Hbond substituents is 1. The molecule has 4 rings (SSSR count). The Bertz CT molecular complexity index is 975. The number of carbonyl (C=O) groups excluding carboxylic acids is 1. The largest absolute Gasteiger partial charge is 0.508 e. The highest BCUT2D eigenvalue weighted by Gasteiger charge is 2.19. The molecular weight excluding hydrogens is 308 g/mol. The molecule has 6 nitrogen and oxygen atoms in total. The number of hydrogen-bond acceptors (Lipinski definition) is 4. The predicted octanol–water partition coefficient (Wildman–Crippen LogP) is 2.53. The van der Waals surface area contributed by atoms with E-state index in [0.29, 0.717) is 17.5 Å². The minimum absolute atomic E-state index is 0.102. The first-order valence-electron chi connectivity index (χ1n) is 7.55. The van der Waals surface area contributed by atoms with E-state index in [4.69, 9.17) is 15.2 Å². The third-order valence-electron chi connectivity index (χ3n) is 4.33. The summed E-state index contributed by atoms with van der Waals surface area (Å²) in [5.41, 5.74) is 8.60. The smallest absolute Gasteiger partial charge is 0.251 e. The molecule has 2 aromatic carbocycles. The van der Waals surface area contributed by atoms with Crippen molar-refractivity contribution in [3.05, 3.63) is 53.2 Å². The Kier molecular flexibility index (Phi) is 3.13. The summed E-state index contributed by atoms with van der Waals surface area (Å²) in [7, 11) is 0. The number of aromatic nitrogens is 1. The van der Waals surface area contributed by atoms with E-state index in [1.165, 1.54) is 0 Å². The molecular formula is C18H16N2O4. The molecule has 6 heteroatoms. The Morgan fingerprint density at radius 2 is 2.00 bits per heavy atom. The second-order valence-electron chi connectivity index (χ2n) is 5.80. The van der Waals surface area contributed by atoms with E-state index in [2.05, 4.69) is 0 Å². The fraction of sp³-hybridized carbons (Fsp3) is 0.167. The van der Waals surface area contributed by atoms with Crippen molar-refractivity contribution in [2.24, 2.45) is 5.73 Å². The lowest BCUT2D eigenvalue weighted by Gasteiger charge is -2.09. The summed E-state index contributed by atoms with van der Waals surface area (Å²) in [4.78, 5) is 11.9. The van der Waals surface area contributed by atoms with Gasteiger partial charge in [-0.1, -0.05) is 6.07 Å². The van der Waals surface area contributed by atoms with Gasteiger partial charge in [-0.25, -0.2) is 0 Å². The van der Waals surface area contributed by atoms with Crippen LogP contribution in [0.15, 0.2) is 36.4 Å². The highest BCUT2D eigenvalue weighted by atomic mass is 16.7. The van der Waals surface area contributed by atoms with Gasteiger partial charge in [0, 0.05) is 23.1 Å². The Labute approximate surface area is 138 Å². The lowest BCUT2D eigenvalue weighted by molar-refractivity contribution is 0.100. The summed E-state index contributed by atoms with van der Waals surface area (Å²) in [6, 6.07) is 10.7. The summed E-state index contributed by atoms with van der Waals surface area (Å²) in [6.45, 7) is 2.64. The molecule has 0 atom stereocenters. The van der Waals surface area contributed by atoms with Gasteiger partial charge in [-0.05, 0) is 42.8 Å². The van der Waals surface area contributed by atoms with Gasteiger partial charge in [0.1, 0.15) is 5.75 Å². The second kappa shape index (κ2) is 5.19. The number of aromatic hydroxyl groups is 1. The maximum absolute atomic E-state index is 11.9. The predicted molar refractivity (Wildman–Crippen MR) is 88.5 cm³/mol. The molecule has 1 aromatic heterocycles. The van der Waals surface area contributed by atoms with Crippen LogP contribution >= 0.6 is 0 Å². The average molecular weight is 324 g/mol. The third kappa shape index (κ3) is 2.15. The molecule has 0 unspecified atom stereocenters. The van der Waals surface area contributed by atoms with Crippen molar-refractivity contribution in [3.8, 4) is 17.2 Å². The quantitative estimate of drug-likeness (QED) is 0.775. The number of nitrogens with zero attached hydrogens (tertiary/aromatic N) is 1. The molecule has 0 spiro atoms. The zero-order valence-electron chi connectivity index (χ0n) is 13.1. The number of rotatable bonds is 3. The van der Waals surface area contributed by atoms with Gasteiger partial charge in [0.25, 0.3) is 5.91 Å². The van der Waals surface area contributed by atoms with Gasteiger partial charge in [-0.3, -0.25) is 4.79 Å². The van der Waals surface area contributed by atoms with Gasteiger partial charge in [0.15, 0.2) is 11.5 Å². The number of fused-ring (bicyclic) bond motifs is 2. The molecule has 0 saturated carbocycles. The van der Waals surface area contributed by atoms with Crippen LogP contribution in [0.3, 0.4) is 0 Å². The normalized spacial score (nSPS) is 12.7. The number of benzene rings is 2. The minimum atomic E-state index is -0.507. The van der Waals surface area contributed by atoms with Crippen molar-refractivity contribution in [2.75, 3.05) is 6.79 Å². The number of ether oxygens (including phenoxy) is 2. The van der Waals surface area contributed by atoms with Crippen LogP contribution in [-0.2, 0) is 6.54 Å². The monoisotopic (exact) mass is 324 g/mol. The number of nitrogens with two attached hydrogens (primary N) is 1. The lowest BCUT2D eigenvalue weighted by Crippen LogP contribution is -2.13. The molecule has 3 N–H and O–H groups in total. The molecule has 3 aromatic rings. The Hall–Kier alpha value is -3.15. The first kappa shape index (κ1) is 14.4. The maximum Gasteiger partial charge on any atom is 0.251 e. The number of carbonyl (C=O) groups is 1. The van der Waals surface area contributed by atoms with E-state index < -0.39 is 5.91 Å². The summed E-state index contributed by atoms with van der Waals surface area (Å²) < 4.78 is 12.7. The van der Waals surface area contributed by atoms with Crippen molar-refractivity contribution >= 4 is 16.8 Å². The first-order valence-corrected chi connectivity index (χ1v) is 7.55. The van der Waals surface area contributed by atoms with E-state index in [1.807, 2.05) is 29.7 Å². The van der Waals surface area contributed by atoms with E-state index in [-0.39, 0.29) is 12.5 Å². The molecule has 0 radical (unpaired) electrons. The van der Waals surface area contributed by atoms with Gasteiger partial charge >= 0.3 is 0 Å². The summed E-state index contributed by atoms with van der Waals surface area (Å²) >= 11 is 0. The number of hydrogen-bond donors (Lipinski definition) is 2. The van der Waals surface area contributed by atoms with Gasteiger partial charge in [0.2, 0.25) is 6.79 Å². The third-order valence-corrected chi connectivity index (χ3v) is 4.33. The van der Waals surface area contributed by atoms with Crippen molar-refractivity contribution in [2.45, 2.75) is 13.5 Å². The zero-order valence-corrected chi connectivity index (χ0v) is 13.1. The van der Waals surface area contributed by atoms with Gasteiger partial charge in [-0.2, -0.15) is 0 Å². The van der Waals surface area contributed by atoms with E-state index in [9.17, 15) is 9.90 Å². The Morgan fingerprint density at radius 1 is 1.21 bits per heavy atom. The van der Waals surface area contributed by atoms with Crippen molar-refractivity contribution < 1.29 is 19.4 Å². The van der Waals surface area contributed by atoms with Crippen LogP contribution in [-0.4, -0.2) is 22.4 Å². The van der Waals surface area contributed by atoms with Crippen LogP contribution in [0.2, 0.25) is 0 Å². The maximum atomic E-state index is 11.9. The molecule has 1 aliphatic rings. The van der Waals surface area contributed by atoms with E-state index >= 15 is 0 Å². The number of amides is 1. The van der Waals surface area contributed by atoms with Crippen molar-refractivity contribution in [1.29, 1.82) is 0 Å². The second-order valence-corrected chi connectivity index (χ2v) is 5.80. The molecule has 24 heavy (non-hydrogen) atoms. The minimum Gasteiger partial charge on any atom is -0.508 e. The fourth-order valence-electron chi connectivity index (χ4n) is 3.21. The van der Waals surface area contributed by atoms with Crippen LogP contribution < -0.4 is 15.2 Å². The number of primary amides is 1. The summed E-state index contributed by atoms with van der Waals surface area (Å²) in [5, 5.41) is 10.4. The standard InChI is InChI=1S/C18H16N2O4/c1-10-17(18(19)22)13-7-12(21)3-4-14(13)20(10)8-11-2-5-15-16(6-11)24-9-23-15/h2-7,21H,8-9H2,1H3,(H2,19,22). The molecule has 1 amide bonds. The van der Waals surface area contributed by atoms with Crippen molar-refractivity contribution in [1.82, 2.24) is 4.57 Å². The fourth-order valence-corrected chi connectivity index (χ4v) is 3.21. The summed E-state index contributed by atoms with van der Waals surface area (Å²) in [6.07, 6.45) is 0. The van der Waals surface area contributed by atoms with E-state index in [1.54, 1.807) is 18.2 Å². The topological polar surface area (TPSA) is 86.7 Å². The van der Waals surface area contributed by atoms with E-state index in [0.717, 1.165) is 28.3 Å². The van der Waals surface area contributed by atoms with Gasteiger partial charge in [0.05, 0.1) is 5.56 Å². The molecule has 0 fully saturated rings. The van der Waals surface area contributed by atoms with Crippen LogP contribution in [0.4, 0.5) is 0 Å². The highest BCUT2D eigenvalue weighted by Crippen LogP contribution is 2.34. The average Bonchev–Trinajstić information content (AvgIpc) is 3.10. The molecule has 0 saturated heterocycles. The van der Waals surface area contributed by atoms with Crippen molar-refractivity contribution in [3.63, 3.8) is 0 Å². The summed E-state index contributed by atoms with van der Waals surface area (Å²) in [5.74, 6) is 1.04. The molecule has 1 aliphatic heterocycles. The van der Waals surface area contributed by atoms with Gasteiger partial charge in [-0.15, -0.1) is 0 Å². The Balaban J connectivity index is 1.84. The van der Waals surface area contributed by atoms with Crippen LogP contribution in [0.5, 0.6) is 17.2 Å². The number of phenols is 1. The van der Waals surface area contributed by atoms with Crippen LogP contribution in [0, 0.1) is 6.92 Å². The Morgan fingerprint density at radius 3 is 2.79 bits per heavy atom. The molecule has 0 aliphatic carbocycles. The molecule has 122 valence electrons. The lowest BCUT2D eigenvalue weighted by atomic mass is 10.1. The zero-order chi connectivity index (χ0) is 16.8. The first-order chi connectivity index (χ1) is 11.5. The highest BCUT2D eigenvalue weighted by molar-refractivity contribution is 6.08. The van der Waals surface area contributed by atoms with Crippen LogP contribution in [0.1, 0.15) is 21.6 Å². The SMILES string of the molecule is Cc1c(C(N)=O)c2cc(O)ccc2n1Cc1ccc2c(c1)OCO2. The molecule has 0 bridgehead atoms. The van der Waals surface area contributed by atoms with Gasteiger partial charge < -0.3 is 24.9 Å². The van der Waals surface area contributed by atoms with Crippen LogP contribution in [0.25, 0.3) is 10.9 Å².